The molecule has 22 heavy (non-hydrogen) atoms. The number of methoxy groups -OCH3 is 2. The van der Waals surface area contributed by atoms with Crippen LogP contribution in [0.15, 0.2) is 30.5 Å². The molecule has 1 unspecified atom stereocenters. The van der Waals surface area contributed by atoms with Crippen molar-refractivity contribution >= 4 is 0 Å². The van der Waals surface area contributed by atoms with E-state index in [0.717, 1.165) is 25.4 Å². The molecule has 1 aromatic carbocycles. The Bertz CT molecular complexity index is 639. The van der Waals surface area contributed by atoms with Crippen molar-refractivity contribution in [1.82, 2.24) is 14.7 Å². The van der Waals surface area contributed by atoms with E-state index in [1.165, 1.54) is 16.8 Å². The van der Waals surface area contributed by atoms with E-state index in [2.05, 4.69) is 28.3 Å². The van der Waals surface area contributed by atoms with E-state index < -0.39 is 0 Å². The highest BCUT2D eigenvalue weighted by Gasteiger charge is 2.28. The second-order valence-electron chi connectivity index (χ2n) is 5.89. The summed E-state index contributed by atoms with van der Waals surface area (Å²) in [6, 6.07) is 8.27. The molecule has 0 radical (unpaired) electrons. The Labute approximate surface area is 131 Å². The number of benzene rings is 1. The molecule has 0 bridgehead atoms. The average molecular weight is 301 g/mol. The zero-order chi connectivity index (χ0) is 15.5. The number of aryl methyl sites for hydroxylation is 1. The Kier molecular flexibility index (Phi) is 4.45. The summed E-state index contributed by atoms with van der Waals surface area (Å²) in [5, 5.41) is 4.61. The second-order valence-corrected chi connectivity index (χ2v) is 5.89. The molecule has 0 saturated heterocycles. The Morgan fingerprint density at radius 1 is 1.32 bits per heavy atom. The number of fused-ring (bicyclic) bond motifs is 1. The van der Waals surface area contributed by atoms with E-state index in [-0.39, 0.29) is 0 Å². The molecule has 1 aliphatic heterocycles. The van der Waals surface area contributed by atoms with Crippen LogP contribution >= 0.6 is 0 Å². The topological polar surface area (TPSA) is 39.5 Å². The standard InChI is InChI=1S/C17H23N3O2/c1-19-9-14-10-20(11-15(12-21-2)17(14)18-19)8-13-5-4-6-16(7-13)22-3/h4-7,9,15H,8,10-12H2,1-3H3. The molecule has 1 aliphatic rings. The SMILES string of the molecule is COCC1CN(Cc2cccc(OC)c2)Cc2cn(C)nc21. The lowest BCUT2D eigenvalue weighted by molar-refractivity contribution is 0.134. The van der Waals surface area contributed by atoms with Gasteiger partial charge in [-0.25, -0.2) is 0 Å². The van der Waals surface area contributed by atoms with Crippen molar-refractivity contribution in [1.29, 1.82) is 0 Å². The quantitative estimate of drug-likeness (QED) is 0.848. The van der Waals surface area contributed by atoms with Crippen molar-refractivity contribution < 1.29 is 9.47 Å². The molecule has 0 spiro atoms. The summed E-state index contributed by atoms with van der Waals surface area (Å²) in [7, 11) is 5.44. The molecule has 0 aliphatic carbocycles. The van der Waals surface area contributed by atoms with Crippen LogP contribution in [0.2, 0.25) is 0 Å². The van der Waals surface area contributed by atoms with Gasteiger partial charge >= 0.3 is 0 Å². The van der Waals surface area contributed by atoms with Gasteiger partial charge in [-0.2, -0.15) is 5.10 Å². The predicted molar refractivity (Wildman–Crippen MR) is 84.9 cm³/mol. The number of aromatic nitrogens is 2. The Morgan fingerprint density at radius 3 is 2.95 bits per heavy atom. The van der Waals surface area contributed by atoms with Crippen LogP contribution in [0.25, 0.3) is 0 Å². The lowest BCUT2D eigenvalue weighted by Crippen LogP contribution is -2.34. The normalized spacial score (nSPS) is 18.2. The van der Waals surface area contributed by atoms with Crippen molar-refractivity contribution in [3.63, 3.8) is 0 Å². The van der Waals surface area contributed by atoms with E-state index in [1.807, 2.05) is 23.9 Å². The molecule has 5 heteroatoms. The van der Waals surface area contributed by atoms with Gasteiger partial charge in [-0.3, -0.25) is 9.58 Å². The van der Waals surface area contributed by atoms with E-state index in [4.69, 9.17) is 9.47 Å². The summed E-state index contributed by atoms with van der Waals surface area (Å²) < 4.78 is 12.6. The van der Waals surface area contributed by atoms with Gasteiger partial charge in [0.1, 0.15) is 5.75 Å². The fraction of sp³-hybridized carbons (Fsp3) is 0.471. The third-order valence-corrected chi connectivity index (χ3v) is 4.10. The number of hydrogen-bond acceptors (Lipinski definition) is 4. The van der Waals surface area contributed by atoms with Gasteiger partial charge in [0, 0.05) is 51.5 Å². The first-order chi connectivity index (χ1) is 10.7. The van der Waals surface area contributed by atoms with Crippen LogP contribution in [0, 0.1) is 0 Å². The van der Waals surface area contributed by atoms with E-state index in [1.54, 1.807) is 14.2 Å². The Hall–Kier alpha value is -1.85. The summed E-state index contributed by atoms with van der Waals surface area (Å²) in [4.78, 5) is 2.45. The van der Waals surface area contributed by atoms with Gasteiger partial charge in [-0.1, -0.05) is 12.1 Å². The Balaban J connectivity index is 1.78. The molecule has 0 N–H and O–H groups in total. The van der Waals surface area contributed by atoms with Gasteiger partial charge in [0.15, 0.2) is 0 Å². The minimum atomic E-state index is 0.334. The third-order valence-electron chi connectivity index (χ3n) is 4.10. The average Bonchev–Trinajstić information content (AvgIpc) is 2.88. The Morgan fingerprint density at radius 2 is 2.18 bits per heavy atom. The second kappa shape index (κ2) is 6.50. The van der Waals surface area contributed by atoms with Gasteiger partial charge < -0.3 is 9.47 Å². The maximum atomic E-state index is 5.39. The van der Waals surface area contributed by atoms with Crippen molar-refractivity contribution in [2.75, 3.05) is 27.4 Å². The van der Waals surface area contributed by atoms with Crippen molar-refractivity contribution in [2.24, 2.45) is 7.05 Å². The van der Waals surface area contributed by atoms with Crippen LogP contribution in [0.3, 0.4) is 0 Å². The van der Waals surface area contributed by atoms with Crippen molar-refractivity contribution in [3.8, 4) is 5.75 Å². The van der Waals surface area contributed by atoms with Crippen LogP contribution in [-0.4, -0.2) is 42.1 Å². The van der Waals surface area contributed by atoms with Crippen molar-refractivity contribution in [2.45, 2.75) is 19.0 Å². The molecule has 2 heterocycles. The largest absolute Gasteiger partial charge is 0.497 e. The molecular formula is C17H23N3O2. The van der Waals surface area contributed by atoms with Gasteiger partial charge in [-0.05, 0) is 17.7 Å². The smallest absolute Gasteiger partial charge is 0.119 e. The summed E-state index contributed by atoms with van der Waals surface area (Å²) in [6.45, 7) is 3.51. The van der Waals surface area contributed by atoms with Crippen LogP contribution in [0.4, 0.5) is 0 Å². The molecular weight excluding hydrogens is 278 g/mol. The fourth-order valence-electron chi connectivity index (χ4n) is 3.21. The first kappa shape index (κ1) is 15.1. The van der Waals surface area contributed by atoms with Crippen molar-refractivity contribution in [3.05, 3.63) is 47.3 Å². The molecule has 118 valence electrons. The molecule has 2 aromatic rings. The highest BCUT2D eigenvalue weighted by molar-refractivity contribution is 5.29. The first-order valence-electron chi connectivity index (χ1n) is 7.56. The molecule has 0 fully saturated rings. The number of hydrogen-bond donors (Lipinski definition) is 0. The maximum Gasteiger partial charge on any atom is 0.119 e. The predicted octanol–water partition coefficient (Wildman–Crippen LogP) is 2.17. The molecule has 0 saturated carbocycles. The van der Waals surface area contributed by atoms with E-state index in [9.17, 15) is 0 Å². The minimum absolute atomic E-state index is 0.334. The summed E-state index contributed by atoms with van der Waals surface area (Å²) in [5.41, 5.74) is 3.76. The van der Waals surface area contributed by atoms with Crippen LogP contribution < -0.4 is 4.74 Å². The van der Waals surface area contributed by atoms with E-state index >= 15 is 0 Å². The van der Waals surface area contributed by atoms with E-state index in [0.29, 0.717) is 12.5 Å². The minimum Gasteiger partial charge on any atom is -0.497 e. The fourth-order valence-corrected chi connectivity index (χ4v) is 3.21. The number of rotatable bonds is 5. The summed E-state index contributed by atoms with van der Waals surface area (Å²) in [5.74, 6) is 1.24. The van der Waals surface area contributed by atoms with Gasteiger partial charge in [-0.15, -0.1) is 0 Å². The maximum absolute atomic E-state index is 5.39. The summed E-state index contributed by atoms with van der Waals surface area (Å²) in [6.07, 6.45) is 2.12. The van der Waals surface area contributed by atoms with Gasteiger partial charge in [0.25, 0.3) is 0 Å². The lowest BCUT2D eigenvalue weighted by atomic mass is 9.97. The third kappa shape index (κ3) is 3.15. The zero-order valence-electron chi connectivity index (χ0n) is 13.5. The van der Waals surface area contributed by atoms with Gasteiger partial charge in [0.05, 0.1) is 19.4 Å². The number of nitrogens with zero attached hydrogens (tertiary/aromatic N) is 3. The highest BCUT2D eigenvalue weighted by Crippen LogP contribution is 2.28. The summed E-state index contributed by atoms with van der Waals surface area (Å²) >= 11 is 0. The number of ether oxygens (including phenoxy) is 2. The molecule has 0 amide bonds. The monoisotopic (exact) mass is 301 g/mol. The molecule has 1 aromatic heterocycles. The lowest BCUT2D eigenvalue weighted by Gasteiger charge is -2.31. The molecule has 5 nitrogen and oxygen atoms in total. The zero-order valence-corrected chi connectivity index (χ0v) is 13.5. The van der Waals surface area contributed by atoms with Crippen LogP contribution in [0.1, 0.15) is 22.7 Å². The molecule has 1 atom stereocenters. The van der Waals surface area contributed by atoms with Gasteiger partial charge in [0.2, 0.25) is 0 Å². The molecule has 3 rings (SSSR count). The van der Waals surface area contributed by atoms with Crippen LogP contribution in [-0.2, 0) is 24.9 Å². The van der Waals surface area contributed by atoms with Crippen LogP contribution in [0.5, 0.6) is 5.75 Å². The first-order valence-corrected chi connectivity index (χ1v) is 7.56. The highest BCUT2D eigenvalue weighted by atomic mass is 16.5.